The molecule has 0 N–H and O–H groups in total. The van der Waals surface area contributed by atoms with Gasteiger partial charge in [-0.05, 0) is 90.8 Å². The number of rotatable bonds is 3. The Morgan fingerprint density at radius 1 is 0.595 bits per heavy atom. The van der Waals surface area contributed by atoms with Crippen LogP contribution in [0.15, 0.2) is 18.2 Å². The summed E-state index contributed by atoms with van der Waals surface area (Å²) >= 11 is 13.1. The molecule has 0 aliphatic heterocycles. The number of halogens is 2. The van der Waals surface area contributed by atoms with Crippen molar-refractivity contribution >= 4 is 93.5 Å². The average molecular weight is 518 g/mol. The fourth-order valence-electron chi connectivity index (χ4n) is 6.55. The summed E-state index contributed by atoms with van der Waals surface area (Å²) in [4.78, 5) is 2.08. The average Bonchev–Trinajstić information content (AvgIpc) is 3.30. The van der Waals surface area contributed by atoms with Gasteiger partial charge >= 0.3 is 0 Å². The Labute approximate surface area is 237 Å². The van der Waals surface area contributed by atoms with Crippen molar-refractivity contribution in [1.82, 2.24) is 0 Å². The Bertz CT molecular complexity index is 1370. The van der Waals surface area contributed by atoms with E-state index in [4.69, 9.17) is 54.6 Å². The Hall–Kier alpha value is -1.70. The highest BCUT2D eigenvalue weighted by atomic mass is 35.5. The highest BCUT2D eigenvalue weighted by Crippen LogP contribution is 2.45. The van der Waals surface area contributed by atoms with Crippen LogP contribution in [0.3, 0.4) is 0 Å². The van der Waals surface area contributed by atoms with Crippen LogP contribution in [-0.2, 0) is 25.7 Å². The lowest BCUT2D eigenvalue weighted by molar-refractivity contribution is 0.392. The normalized spacial score (nSPS) is 17.1. The molecule has 0 amide bonds. The highest BCUT2D eigenvalue weighted by Gasteiger charge is 2.36. The van der Waals surface area contributed by atoms with Gasteiger partial charge in [0.15, 0.2) is 0 Å². The van der Waals surface area contributed by atoms with Gasteiger partial charge in [0.25, 0.3) is 0 Å². The summed E-state index contributed by atoms with van der Waals surface area (Å²) in [7, 11) is 27.5. The Morgan fingerprint density at radius 2 is 1.03 bits per heavy atom. The van der Waals surface area contributed by atoms with Crippen molar-refractivity contribution in [3.8, 4) is 0 Å². The molecule has 5 rings (SSSR count). The van der Waals surface area contributed by atoms with Crippen LogP contribution in [-0.4, -0.2) is 31.4 Å². The molecule has 0 saturated heterocycles. The molecular weight excluding hydrogens is 488 g/mol. The van der Waals surface area contributed by atoms with E-state index in [0.29, 0.717) is 26.4 Å². The van der Waals surface area contributed by atoms with Gasteiger partial charge in [0.05, 0.1) is 0 Å². The minimum absolute atomic E-state index is 0.0817. The fourth-order valence-corrected chi connectivity index (χ4v) is 7.06. The van der Waals surface area contributed by atoms with Crippen LogP contribution in [0.5, 0.6) is 0 Å². The quantitative estimate of drug-likeness (QED) is 0.463. The van der Waals surface area contributed by atoms with Gasteiger partial charge in [-0.1, -0.05) is 83.9 Å². The lowest BCUT2D eigenvalue weighted by atomic mass is 9.72. The van der Waals surface area contributed by atoms with E-state index in [1.54, 1.807) is 6.07 Å². The molecule has 3 aromatic carbocycles. The van der Waals surface area contributed by atoms with Gasteiger partial charge in [-0.3, -0.25) is 0 Å². The van der Waals surface area contributed by atoms with Gasteiger partial charge in [-0.15, -0.1) is 0 Å². The van der Waals surface area contributed by atoms with Gasteiger partial charge in [-0.25, -0.2) is 0 Å². The highest BCUT2D eigenvalue weighted by molar-refractivity contribution is 6.52. The predicted molar refractivity (Wildman–Crippen MR) is 165 cm³/mol. The monoisotopic (exact) mass is 517 g/mol. The molecule has 0 fully saturated rings. The van der Waals surface area contributed by atoms with Crippen molar-refractivity contribution in [2.45, 2.75) is 67.2 Å². The summed E-state index contributed by atoms with van der Waals surface area (Å²) in [6.07, 6.45) is 3.56. The van der Waals surface area contributed by atoms with E-state index in [0.717, 1.165) is 76.0 Å². The van der Waals surface area contributed by atoms with Crippen molar-refractivity contribution in [3.05, 3.63) is 61.6 Å². The third-order valence-corrected chi connectivity index (χ3v) is 8.68. The van der Waals surface area contributed by atoms with Crippen molar-refractivity contribution < 1.29 is 0 Å². The second-order valence-corrected chi connectivity index (χ2v) is 13.4. The fraction of sp³-hybridized carbons (Fsp3) is 0.400. The van der Waals surface area contributed by atoms with Crippen LogP contribution in [0.2, 0.25) is 10.0 Å². The van der Waals surface area contributed by atoms with Crippen molar-refractivity contribution in [1.29, 1.82) is 0 Å². The minimum atomic E-state index is 0.0817. The van der Waals surface area contributed by atoms with Crippen LogP contribution in [0.4, 0.5) is 17.1 Å². The molecule has 0 heterocycles. The molecule has 3 aromatic rings. The van der Waals surface area contributed by atoms with Gasteiger partial charge in [0.2, 0.25) is 0 Å². The molecule has 2 aliphatic carbocycles. The van der Waals surface area contributed by atoms with Crippen molar-refractivity contribution in [2.24, 2.45) is 10.8 Å². The molecule has 37 heavy (non-hydrogen) atoms. The molecule has 0 atom stereocenters. The summed E-state index contributed by atoms with van der Waals surface area (Å²) in [6.45, 7) is 13.2. The van der Waals surface area contributed by atoms with Crippen LogP contribution in [0.25, 0.3) is 0 Å². The molecule has 0 bridgehead atoms. The zero-order chi connectivity index (χ0) is 27.2. The standard InChI is InChI=1S/C30H29B4Cl2N/c1-14-19-10-29(3,4)11-20(19)24(32)26(34)27(14)37(18-8-16(35)7-17(36)9-18)28-15(2)23(31)21-12-30(5,6)13-22(21)25(28)33/h7-9H,10-13H2,1-6H3. The molecular formula is C30H29B4Cl2N. The molecule has 0 spiro atoms. The van der Waals surface area contributed by atoms with E-state index in [9.17, 15) is 0 Å². The SMILES string of the molecule is [B]c1c(C)c(N(c2cc(Cl)cc(Cl)c2)c2c([B])c([B])c3c(c2C)CC(C)(C)C3)c([B])c2c1CC(C)(C)C2. The van der Waals surface area contributed by atoms with Gasteiger partial charge < -0.3 is 4.90 Å². The summed E-state index contributed by atoms with van der Waals surface area (Å²) in [5.41, 5.74) is 11.8. The lowest BCUT2D eigenvalue weighted by Crippen LogP contribution is -2.38. The first kappa shape index (κ1) is 26.9. The Morgan fingerprint density at radius 3 is 1.57 bits per heavy atom. The number of benzene rings is 3. The Balaban J connectivity index is 1.88. The van der Waals surface area contributed by atoms with Crippen LogP contribution in [0.1, 0.15) is 61.1 Å². The van der Waals surface area contributed by atoms with Crippen molar-refractivity contribution in [2.75, 3.05) is 4.90 Å². The molecule has 8 radical (unpaired) electrons. The summed E-state index contributed by atoms with van der Waals surface area (Å²) in [5, 5.41) is 1.04. The second kappa shape index (κ2) is 8.92. The number of nitrogens with zero attached hydrogens (tertiary/aromatic N) is 1. The van der Waals surface area contributed by atoms with E-state index in [-0.39, 0.29) is 10.8 Å². The first-order valence-corrected chi connectivity index (χ1v) is 13.5. The number of fused-ring (bicyclic) bond motifs is 2. The number of anilines is 3. The lowest BCUT2D eigenvalue weighted by Gasteiger charge is -2.35. The van der Waals surface area contributed by atoms with Gasteiger partial charge in [-0.2, -0.15) is 0 Å². The molecule has 1 nitrogen and oxygen atoms in total. The topological polar surface area (TPSA) is 3.24 Å². The molecule has 0 unspecified atom stereocenters. The summed E-state index contributed by atoms with van der Waals surface area (Å²) in [6, 6.07) is 5.48. The second-order valence-electron chi connectivity index (χ2n) is 12.5. The van der Waals surface area contributed by atoms with Crippen LogP contribution >= 0.6 is 23.2 Å². The molecule has 7 heteroatoms. The zero-order valence-corrected chi connectivity index (χ0v) is 24.1. The zero-order valence-electron chi connectivity index (χ0n) is 22.6. The first-order valence-electron chi connectivity index (χ1n) is 12.8. The summed E-state index contributed by atoms with van der Waals surface area (Å²) in [5.74, 6) is 0. The van der Waals surface area contributed by atoms with Crippen LogP contribution in [0, 0.1) is 24.7 Å². The van der Waals surface area contributed by atoms with Crippen LogP contribution < -0.4 is 26.8 Å². The maximum atomic E-state index is 7.04. The molecule has 0 aromatic heterocycles. The minimum Gasteiger partial charge on any atom is -0.311 e. The smallest absolute Gasteiger partial charge is 0.117 e. The molecule has 0 saturated carbocycles. The third-order valence-electron chi connectivity index (χ3n) is 8.25. The van der Waals surface area contributed by atoms with E-state index in [1.807, 2.05) is 19.1 Å². The third kappa shape index (κ3) is 4.39. The van der Waals surface area contributed by atoms with E-state index < -0.39 is 0 Å². The molecule has 180 valence electrons. The number of hydrogen-bond donors (Lipinski definition) is 0. The van der Waals surface area contributed by atoms with E-state index >= 15 is 0 Å². The maximum Gasteiger partial charge on any atom is 0.117 e. The van der Waals surface area contributed by atoms with Gasteiger partial charge in [0, 0.05) is 27.1 Å². The Kier molecular flexibility index (Phi) is 6.48. The van der Waals surface area contributed by atoms with Gasteiger partial charge in [0.1, 0.15) is 31.4 Å². The van der Waals surface area contributed by atoms with E-state index in [1.165, 1.54) is 5.56 Å². The number of hydrogen-bond acceptors (Lipinski definition) is 1. The van der Waals surface area contributed by atoms with E-state index in [2.05, 4.69) is 39.5 Å². The maximum absolute atomic E-state index is 7.04. The largest absolute Gasteiger partial charge is 0.311 e. The molecule has 2 aliphatic rings. The summed E-state index contributed by atoms with van der Waals surface area (Å²) < 4.78 is 0. The first-order chi connectivity index (χ1) is 17.1. The predicted octanol–water partition coefficient (Wildman–Crippen LogP) is 4.50. The van der Waals surface area contributed by atoms with Crippen molar-refractivity contribution in [3.63, 3.8) is 0 Å².